The number of ether oxygens (including phenoxy) is 1. The number of rotatable bonds is 5. The van der Waals surface area contributed by atoms with E-state index in [1.807, 2.05) is 18.2 Å². The van der Waals surface area contributed by atoms with Gasteiger partial charge < -0.3 is 10.5 Å². The molecule has 0 fully saturated rings. The molecule has 1 aromatic carbocycles. The molecule has 0 aliphatic rings. The maximum Gasteiger partial charge on any atom is 0.0577 e. The molecule has 0 aliphatic carbocycles. The Balaban J connectivity index is 2.60. The molecule has 3 nitrogen and oxygen atoms in total. The maximum atomic E-state index is 11.6. The summed E-state index contributed by atoms with van der Waals surface area (Å²) in [4.78, 5) is 0. The number of anilines is 1. The van der Waals surface area contributed by atoms with E-state index in [9.17, 15) is 4.21 Å². The van der Waals surface area contributed by atoms with Crippen molar-refractivity contribution in [3.05, 3.63) is 28.2 Å². The van der Waals surface area contributed by atoms with Crippen molar-refractivity contribution in [3.8, 4) is 0 Å². The van der Waals surface area contributed by atoms with Gasteiger partial charge in [0.25, 0.3) is 0 Å². The lowest BCUT2D eigenvalue weighted by molar-refractivity contribution is 0.218. The average molecular weight is 292 g/mol. The molecule has 5 heteroatoms. The van der Waals surface area contributed by atoms with Gasteiger partial charge in [-0.05, 0) is 23.8 Å². The summed E-state index contributed by atoms with van der Waals surface area (Å²) < 4.78 is 17.4. The van der Waals surface area contributed by atoms with Crippen molar-refractivity contribution in [2.45, 2.75) is 5.75 Å². The summed E-state index contributed by atoms with van der Waals surface area (Å²) in [6, 6.07) is 5.60. The largest absolute Gasteiger partial charge is 0.399 e. The van der Waals surface area contributed by atoms with Crippen molar-refractivity contribution >= 4 is 32.4 Å². The third-order valence-electron chi connectivity index (χ3n) is 1.82. The molecule has 0 aromatic heterocycles. The molecule has 0 aliphatic heterocycles. The number of halogens is 1. The van der Waals surface area contributed by atoms with E-state index in [2.05, 4.69) is 15.9 Å². The van der Waals surface area contributed by atoms with Gasteiger partial charge in [0.1, 0.15) is 0 Å². The highest BCUT2D eigenvalue weighted by molar-refractivity contribution is 9.10. The Hall–Kier alpha value is -0.390. The van der Waals surface area contributed by atoms with Gasteiger partial charge in [-0.25, -0.2) is 0 Å². The quantitative estimate of drug-likeness (QED) is 0.844. The third-order valence-corrected chi connectivity index (χ3v) is 3.56. The van der Waals surface area contributed by atoms with E-state index >= 15 is 0 Å². The topological polar surface area (TPSA) is 52.3 Å². The summed E-state index contributed by atoms with van der Waals surface area (Å²) in [5.74, 6) is 1.08. The van der Waals surface area contributed by atoms with E-state index in [0.717, 1.165) is 10.0 Å². The van der Waals surface area contributed by atoms with Gasteiger partial charge in [0.2, 0.25) is 0 Å². The molecule has 2 N–H and O–H groups in total. The van der Waals surface area contributed by atoms with E-state index in [-0.39, 0.29) is 0 Å². The van der Waals surface area contributed by atoms with Gasteiger partial charge in [0.15, 0.2) is 0 Å². The van der Waals surface area contributed by atoms with E-state index in [4.69, 9.17) is 10.5 Å². The molecule has 15 heavy (non-hydrogen) atoms. The van der Waals surface area contributed by atoms with Crippen molar-refractivity contribution in [2.75, 3.05) is 25.2 Å². The van der Waals surface area contributed by atoms with Crippen LogP contribution in [-0.4, -0.2) is 23.7 Å². The molecule has 0 amide bonds. The second-order valence-electron chi connectivity index (χ2n) is 3.17. The first-order valence-corrected chi connectivity index (χ1v) is 6.79. The monoisotopic (exact) mass is 291 g/mol. The highest BCUT2D eigenvalue weighted by Crippen LogP contribution is 2.18. The smallest absolute Gasteiger partial charge is 0.0577 e. The van der Waals surface area contributed by atoms with Gasteiger partial charge in [0.05, 0.1) is 6.61 Å². The van der Waals surface area contributed by atoms with Crippen LogP contribution in [0.5, 0.6) is 0 Å². The van der Waals surface area contributed by atoms with Crippen LogP contribution in [0.1, 0.15) is 5.56 Å². The molecule has 1 atom stereocenters. The van der Waals surface area contributed by atoms with Crippen LogP contribution in [0.2, 0.25) is 0 Å². The van der Waals surface area contributed by atoms with Crippen LogP contribution in [0, 0.1) is 0 Å². The number of benzene rings is 1. The van der Waals surface area contributed by atoms with Crippen molar-refractivity contribution in [3.63, 3.8) is 0 Å². The Kier molecular flexibility index (Phi) is 5.28. The Morgan fingerprint density at radius 2 is 2.20 bits per heavy atom. The number of nitrogens with two attached hydrogens (primary N) is 1. The molecular formula is C10H14BrNO2S. The van der Waals surface area contributed by atoms with E-state index in [1.54, 1.807) is 7.11 Å². The second-order valence-corrected chi connectivity index (χ2v) is 5.67. The summed E-state index contributed by atoms with van der Waals surface area (Å²) in [5, 5.41) is 0. The first-order chi connectivity index (χ1) is 7.11. The standard InChI is InChI=1S/C10H14BrNO2S/c1-14-2-3-15(13)7-8-4-9(11)6-10(12)5-8/h4-6H,2-3,7,12H2,1H3. The average Bonchev–Trinajstić information content (AvgIpc) is 2.13. The summed E-state index contributed by atoms with van der Waals surface area (Å²) in [6.45, 7) is 0.524. The Morgan fingerprint density at radius 1 is 1.47 bits per heavy atom. The molecule has 1 rings (SSSR count). The number of hydrogen-bond donors (Lipinski definition) is 1. The molecule has 1 aromatic rings. The first-order valence-electron chi connectivity index (χ1n) is 4.50. The van der Waals surface area contributed by atoms with Crippen LogP contribution in [-0.2, 0) is 21.3 Å². The van der Waals surface area contributed by atoms with Crippen LogP contribution in [0.15, 0.2) is 22.7 Å². The highest BCUT2D eigenvalue weighted by Gasteiger charge is 2.03. The van der Waals surface area contributed by atoms with Gasteiger partial charge in [0, 0.05) is 39.6 Å². The van der Waals surface area contributed by atoms with Crippen LogP contribution in [0.4, 0.5) is 5.69 Å². The maximum absolute atomic E-state index is 11.6. The zero-order valence-electron chi connectivity index (χ0n) is 8.53. The van der Waals surface area contributed by atoms with Crippen LogP contribution >= 0.6 is 15.9 Å². The Labute approximate surface area is 101 Å². The number of hydrogen-bond acceptors (Lipinski definition) is 3. The summed E-state index contributed by atoms with van der Waals surface area (Å²) in [5.41, 5.74) is 7.35. The number of methoxy groups -OCH3 is 1. The van der Waals surface area contributed by atoms with Gasteiger partial charge in [-0.3, -0.25) is 4.21 Å². The second kappa shape index (κ2) is 6.25. The zero-order valence-corrected chi connectivity index (χ0v) is 10.9. The van der Waals surface area contributed by atoms with Crippen molar-refractivity contribution < 1.29 is 8.95 Å². The van der Waals surface area contributed by atoms with Gasteiger partial charge in [-0.1, -0.05) is 15.9 Å². The molecule has 84 valence electrons. The van der Waals surface area contributed by atoms with Crippen molar-refractivity contribution in [1.82, 2.24) is 0 Å². The fourth-order valence-corrected chi connectivity index (χ4v) is 2.79. The van der Waals surface area contributed by atoms with E-state index in [1.165, 1.54) is 0 Å². The van der Waals surface area contributed by atoms with Crippen LogP contribution in [0.3, 0.4) is 0 Å². The lowest BCUT2D eigenvalue weighted by Gasteiger charge is -2.04. The summed E-state index contributed by atoms with van der Waals surface area (Å²) >= 11 is 3.35. The van der Waals surface area contributed by atoms with E-state index < -0.39 is 10.8 Å². The predicted molar refractivity (Wildman–Crippen MR) is 67.1 cm³/mol. The molecule has 0 spiro atoms. The molecule has 0 heterocycles. The highest BCUT2D eigenvalue weighted by atomic mass is 79.9. The predicted octanol–water partition coefficient (Wildman–Crippen LogP) is 1.93. The normalized spacial score (nSPS) is 12.7. The minimum absolute atomic E-state index is 0.521. The SMILES string of the molecule is COCCS(=O)Cc1cc(N)cc(Br)c1. The Morgan fingerprint density at radius 3 is 2.80 bits per heavy atom. The lowest BCUT2D eigenvalue weighted by Crippen LogP contribution is -2.06. The molecular weight excluding hydrogens is 278 g/mol. The molecule has 0 saturated carbocycles. The third kappa shape index (κ3) is 4.77. The molecule has 1 unspecified atom stereocenters. The summed E-state index contributed by atoms with van der Waals surface area (Å²) in [7, 11) is 0.717. The van der Waals surface area contributed by atoms with Gasteiger partial charge in [-0.15, -0.1) is 0 Å². The van der Waals surface area contributed by atoms with Crippen molar-refractivity contribution in [1.29, 1.82) is 0 Å². The zero-order chi connectivity index (χ0) is 11.3. The fraction of sp³-hybridized carbons (Fsp3) is 0.400. The summed E-state index contributed by atoms with van der Waals surface area (Å²) in [6.07, 6.45) is 0. The fourth-order valence-electron chi connectivity index (χ4n) is 1.19. The minimum atomic E-state index is -0.889. The van der Waals surface area contributed by atoms with Gasteiger partial charge >= 0.3 is 0 Å². The molecule has 0 saturated heterocycles. The lowest BCUT2D eigenvalue weighted by atomic mass is 10.2. The minimum Gasteiger partial charge on any atom is -0.399 e. The molecule has 0 bridgehead atoms. The van der Waals surface area contributed by atoms with E-state index in [0.29, 0.717) is 23.8 Å². The van der Waals surface area contributed by atoms with Gasteiger partial charge in [-0.2, -0.15) is 0 Å². The molecule has 0 radical (unpaired) electrons. The van der Waals surface area contributed by atoms with Crippen molar-refractivity contribution in [2.24, 2.45) is 0 Å². The van der Waals surface area contributed by atoms with Crippen LogP contribution in [0.25, 0.3) is 0 Å². The Bertz CT molecular complexity index is 337. The number of nitrogen functional groups attached to an aromatic ring is 1. The van der Waals surface area contributed by atoms with Crippen LogP contribution < -0.4 is 5.73 Å². The first kappa shape index (κ1) is 12.7.